The van der Waals surface area contributed by atoms with Crippen LogP contribution in [0.15, 0.2) is 0 Å². The number of carbonyl (C=O) groups excluding carboxylic acids is 1. The van der Waals surface area contributed by atoms with Gasteiger partial charge in [-0.25, -0.2) is 4.79 Å². The lowest BCUT2D eigenvalue weighted by molar-refractivity contribution is -0.0499. The largest absolute Gasteiger partial charge is 0.393 e. The van der Waals surface area contributed by atoms with Crippen LogP contribution in [0.2, 0.25) is 0 Å². The van der Waals surface area contributed by atoms with Crippen molar-refractivity contribution in [2.24, 2.45) is 11.8 Å². The second kappa shape index (κ2) is 8.23. The highest BCUT2D eigenvalue weighted by Crippen LogP contribution is 2.36. The monoisotopic (exact) mass is 353 g/mol. The van der Waals surface area contributed by atoms with E-state index in [4.69, 9.17) is 4.74 Å². The minimum Gasteiger partial charge on any atom is -0.393 e. The fraction of sp³-hybridized carbons (Fsp3) is 0.947. The smallest absolute Gasteiger partial charge is 0.317 e. The standard InChI is InChI=1S/C19H35N3O3/c1-19(2)14-25-12-11-22(19)10-8-20-18(24)21-9-7-17(23)16(13-21)15-5-3-4-6-15/h15-17,23H,3-14H2,1-2H3,(H,20,24)/t16-,17+/m0/s1. The summed E-state index contributed by atoms with van der Waals surface area (Å²) in [5.41, 5.74) is 0.0335. The summed E-state index contributed by atoms with van der Waals surface area (Å²) in [6, 6.07) is 0.0287. The van der Waals surface area contributed by atoms with Gasteiger partial charge in [-0.2, -0.15) is 0 Å². The molecule has 1 saturated carbocycles. The molecular formula is C19H35N3O3. The van der Waals surface area contributed by atoms with E-state index in [0.29, 0.717) is 32.0 Å². The number of piperidine rings is 1. The first-order valence-electron chi connectivity index (χ1n) is 10.0. The van der Waals surface area contributed by atoms with Crippen molar-refractivity contribution < 1.29 is 14.6 Å². The number of nitrogens with one attached hydrogen (secondary N) is 1. The van der Waals surface area contributed by atoms with Crippen LogP contribution in [0.1, 0.15) is 46.0 Å². The number of aliphatic hydroxyl groups is 1. The molecule has 1 aliphatic carbocycles. The maximum absolute atomic E-state index is 12.6. The molecule has 0 aromatic carbocycles. The Hall–Kier alpha value is -0.850. The molecule has 2 heterocycles. The van der Waals surface area contributed by atoms with E-state index in [1.165, 1.54) is 25.7 Å². The Kier molecular flexibility index (Phi) is 6.23. The van der Waals surface area contributed by atoms with Crippen molar-refractivity contribution in [1.82, 2.24) is 15.1 Å². The van der Waals surface area contributed by atoms with Gasteiger partial charge in [-0.05, 0) is 26.2 Å². The number of likely N-dealkylation sites (tertiary alicyclic amines) is 1. The van der Waals surface area contributed by atoms with E-state index in [0.717, 1.165) is 26.3 Å². The molecule has 0 radical (unpaired) electrons. The Balaban J connectivity index is 1.44. The molecule has 6 nitrogen and oxygen atoms in total. The second-order valence-corrected chi connectivity index (χ2v) is 8.59. The van der Waals surface area contributed by atoms with Crippen LogP contribution in [-0.4, -0.2) is 78.5 Å². The van der Waals surface area contributed by atoms with E-state index in [-0.39, 0.29) is 23.6 Å². The summed E-state index contributed by atoms with van der Waals surface area (Å²) in [6.07, 6.45) is 5.45. The van der Waals surface area contributed by atoms with Gasteiger partial charge in [-0.1, -0.05) is 25.7 Å². The van der Waals surface area contributed by atoms with Crippen LogP contribution in [0.5, 0.6) is 0 Å². The van der Waals surface area contributed by atoms with Crippen LogP contribution < -0.4 is 5.32 Å². The zero-order valence-electron chi connectivity index (χ0n) is 15.9. The van der Waals surface area contributed by atoms with Crippen LogP contribution >= 0.6 is 0 Å². The lowest BCUT2D eigenvalue weighted by atomic mass is 9.82. The fourth-order valence-electron chi connectivity index (χ4n) is 4.72. The Bertz CT molecular complexity index is 451. The minimum absolute atomic E-state index is 0.0287. The van der Waals surface area contributed by atoms with Gasteiger partial charge >= 0.3 is 6.03 Å². The molecule has 0 bridgehead atoms. The highest BCUT2D eigenvalue weighted by molar-refractivity contribution is 5.74. The first-order chi connectivity index (χ1) is 12.0. The molecule has 2 saturated heterocycles. The van der Waals surface area contributed by atoms with Crippen LogP contribution in [0, 0.1) is 11.8 Å². The SMILES string of the molecule is CC1(C)COCCN1CCNC(=O)N1CC[C@@H](O)[C@H](C2CCCC2)C1. The van der Waals surface area contributed by atoms with E-state index in [9.17, 15) is 9.90 Å². The molecule has 3 aliphatic rings. The fourth-order valence-corrected chi connectivity index (χ4v) is 4.72. The van der Waals surface area contributed by atoms with Crippen molar-refractivity contribution in [2.45, 2.75) is 57.6 Å². The maximum atomic E-state index is 12.6. The molecule has 0 spiro atoms. The second-order valence-electron chi connectivity index (χ2n) is 8.59. The number of aliphatic hydroxyl groups excluding tert-OH is 1. The lowest BCUT2D eigenvalue weighted by Gasteiger charge is -2.42. The molecule has 0 aromatic heterocycles. The zero-order valence-corrected chi connectivity index (χ0v) is 15.9. The van der Waals surface area contributed by atoms with Crippen molar-refractivity contribution in [1.29, 1.82) is 0 Å². The third-order valence-electron chi connectivity index (χ3n) is 6.39. The quantitative estimate of drug-likeness (QED) is 0.807. The van der Waals surface area contributed by atoms with Crippen molar-refractivity contribution in [3.05, 3.63) is 0 Å². The average Bonchev–Trinajstić information content (AvgIpc) is 3.11. The number of nitrogens with zero attached hydrogens (tertiary/aromatic N) is 2. The molecule has 2 atom stereocenters. The Morgan fingerprint density at radius 2 is 2.00 bits per heavy atom. The Morgan fingerprint density at radius 3 is 2.72 bits per heavy atom. The summed E-state index contributed by atoms with van der Waals surface area (Å²) < 4.78 is 5.55. The minimum atomic E-state index is -0.235. The van der Waals surface area contributed by atoms with E-state index in [1.807, 2.05) is 4.90 Å². The van der Waals surface area contributed by atoms with Crippen LogP contribution in [-0.2, 0) is 4.74 Å². The molecule has 3 rings (SSSR count). The first-order valence-corrected chi connectivity index (χ1v) is 10.0. The highest BCUT2D eigenvalue weighted by Gasteiger charge is 2.36. The van der Waals surface area contributed by atoms with Crippen molar-refractivity contribution in [3.63, 3.8) is 0 Å². The number of hydrogen-bond acceptors (Lipinski definition) is 4. The number of morpholine rings is 1. The molecule has 144 valence electrons. The van der Waals surface area contributed by atoms with Gasteiger partial charge in [0.05, 0.1) is 19.3 Å². The van der Waals surface area contributed by atoms with Crippen molar-refractivity contribution in [2.75, 3.05) is 45.9 Å². The summed E-state index contributed by atoms with van der Waals surface area (Å²) >= 11 is 0. The molecule has 2 N–H and O–H groups in total. The Labute approximate surface area is 151 Å². The van der Waals surface area contributed by atoms with E-state index in [1.54, 1.807) is 0 Å². The zero-order chi connectivity index (χ0) is 17.9. The van der Waals surface area contributed by atoms with Crippen molar-refractivity contribution in [3.8, 4) is 0 Å². The molecule has 6 heteroatoms. The molecule has 25 heavy (non-hydrogen) atoms. The predicted octanol–water partition coefficient (Wildman–Crippen LogP) is 1.68. The van der Waals surface area contributed by atoms with E-state index >= 15 is 0 Å². The molecule has 2 aliphatic heterocycles. The van der Waals surface area contributed by atoms with Gasteiger partial charge in [0.2, 0.25) is 0 Å². The maximum Gasteiger partial charge on any atom is 0.317 e. The molecule has 3 fully saturated rings. The summed E-state index contributed by atoms with van der Waals surface area (Å²) in [5, 5.41) is 13.4. The summed E-state index contributed by atoms with van der Waals surface area (Å²) in [7, 11) is 0. The van der Waals surface area contributed by atoms with Gasteiger partial charge in [-0.3, -0.25) is 4.90 Å². The number of ether oxygens (including phenoxy) is 1. The van der Waals surface area contributed by atoms with E-state index in [2.05, 4.69) is 24.1 Å². The first kappa shape index (κ1) is 18.9. The Morgan fingerprint density at radius 1 is 1.24 bits per heavy atom. The molecule has 0 aromatic rings. The summed E-state index contributed by atoms with van der Waals surface area (Å²) in [6.45, 7) is 9.69. The number of rotatable bonds is 4. The summed E-state index contributed by atoms with van der Waals surface area (Å²) in [4.78, 5) is 16.9. The molecular weight excluding hydrogens is 318 g/mol. The van der Waals surface area contributed by atoms with Crippen LogP contribution in [0.3, 0.4) is 0 Å². The van der Waals surface area contributed by atoms with Gasteiger partial charge in [-0.15, -0.1) is 0 Å². The average molecular weight is 354 g/mol. The number of amides is 2. The summed E-state index contributed by atoms with van der Waals surface area (Å²) in [5.74, 6) is 0.861. The third kappa shape index (κ3) is 4.66. The van der Waals surface area contributed by atoms with Gasteiger partial charge < -0.3 is 20.1 Å². The van der Waals surface area contributed by atoms with Gasteiger partial charge in [0.15, 0.2) is 0 Å². The van der Waals surface area contributed by atoms with Crippen LogP contribution in [0.4, 0.5) is 4.79 Å². The topological polar surface area (TPSA) is 65.0 Å². The number of urea groups is 1. The van der Waals surface area contributed by atoms with Gasteiger partial charge in [0.25, 0.3) is 0 Å². The normalized spacial score (nSPS) is 31.2. The lowest BCUT2D eigenvalue weighted by Crippen LogP contribution is -2.56. The third-order valence-corrected chi connectivity index (χ3v) is 6.39. The predicted molar refractivity (Wildman–Crippen MR) is 97.5 cm³/mol. The van der Waals surface area contributed by atoms with Gasteiger partial charge in [0, 0.05) is 44.2 Å². The molecule has 0 unspecified atom stereocenters. The van der Waals surface area contributed by atoms with Crippen LogP contribution in [0.25, 0.3) is 0 Å². The van der Waals surface area contributed by atoms with Gasteiger partial charge in [0.1, 0.15) is 0 Å². The van der Waals surface area contributed by atoms with Crippen molar-refractivity contribution >= 4 is 6.03 Å². The van der Waals surface area contributed by atoms with E-state index < -0.39 is 0 Å². The highest BCUT2D eigenvalue weighted by atomic mass is 16.5. The molecule has 2 amide bonds. The number of carbonyl (C=O) groups is 1. The number of hydrogen-bond donors (Lipinski definition) is 2.